The van der Waals surface area contributed by atoms with Gasteiger partial charge in [-0.15, -0.1) is 0 Å². The van der Waals surface area contributed by atoms with Crippen molar-refractivity contribution < 1.29 is 4.74 Å². The van der Waals surface area contributed by atoms with Gasteiger partial charge in [0.05, 0.1) is 6.10 Å². The van der Waals surface area contributed by atoms with Crippen molar-refractivity contribution in [3.8, 4) is 0 Å². The van der Waals surface area contributed by atoms with E-state index in [-0.39, 0.29) is 0 Å². The Balaban J connectivity index is 2.10. The highest BCUT2D eigenvalue weighted by Gasteiger charge is 2.21. The van der Waals surface area contributed by atoms with E-state index in [0.717, 1.165) is 26.1 Å². The number of nitrogens with zero attached hydrogens (tertiary/aromatic N) is 1. The van der Waals surface area contributed by atoms with Crippen molar-refractivity contribution >= 4 is 5.69 Å². The third-order valence-corrected chi connectivity index (χ3v) is 3.74. The maximum absolute atomic E-state index is 5.91. The van der Waals surface area contributed by atoms with E-state index in [2.05, 4.69) is 36.9 Å². The quantitative estimate of drug-likeness (QED) is 0.887. The standard InChI is InChI=1S/C16H26N2O/c1-3-9-19-15-5-4-8-18(12-15)16-10-13(2)6-7-14(16)11-17/h6-7,10,15H,3-5,8-9,11-12,17H2,1-2H3. The Labute approximate surface area is 116 Å². The van der Waals surface area contributed by atoms with Crippen LogP contribution in [-0.4, -0.2) is 25.8 Å². The third-order valence-electron chi connectivity index (χ3n) is 3.74. The molecule has 0 aromatic heterocycles. The minimum absolute atomic E-state index is 0.375. The number of rotatable bonds is 5. The Morgan fingerprint density at radius 2 is 2.26 bits per heavy atom. The Bertz CT molecular complexity index is 406. The molecule has 0 amide bonds. The molecule has 2 rings (SSSR count). The van der Waals surface area contributed by atoms with Crippen LogP contribution in [0.15, 0.2) is 18.2 Å². The van der Waals surface area contributed by atoms with E-state index in [4.69, 9.17) is 10.5 Å². The summed E-state index contributed by atoms with van der Waals surface area (Å²) in [5.41, 5.74) is 9.70. The molecule has 0 radical (unpaired) electrons. The van der Waals surface area contributed by atoms with E-state index in [1.165, 1.54) is 29.7 Å². The summed E-state index contributed by atoms with van der Waals surface area (Å²) in [6, 6.07) is 6.55. The second-order valence-corrected chi connectivity index (χ2v) is 5.42. The molecule has 1 saturated heterocycles. The number of hydrogen-bond acceptors (Lipinski definition) is 3. The van der Waals surface area contributed by atoms with Gasteiger partial charge >= 0.3 is 0 Å². The lowest BCUT2D eigenvalue weighted by atomic mass is 10.0. The molecular weight excluding hydrogens is 236 g/mol. The van der Waals surface area contributed by atoms with Crippen LogP contribution in [0.2, 0.25) is 0 Å². The average Bonchev–Trinajstić information content (AvgIpc) is 2.45. The monoisotopic (exact) mass is 262 g/mol. The molecule has 0 aliphatic carbocycles. The summed E-state index contributed by atoms with van der Waals surface area (Å²) in [6.07, 6.45) is 3.85. The largest absolute Gasteiger partial charge is 0.376 e. The van der Waals surface area contributed by atoms with Crippen molar-refractivity contribution in [1.29, 1.82) is 0 Å². The van der Waals surface area contributed by atoms with Crippen LogP contribution in [0.3, 0.4) is 0 Å². The van der Waals surface area contributed by atoms with Crippen LogP contribution in [0.1, 0.15) is 37.3 Å². The van der Waals surface area contributed by atoms with Gasteiger partial charge in [0.1, 0.15) is 0 Å². The van der Waals surface area contributed by atoms with Gasteiger partial charge in [-0.05, 0) is 43.4 Å². The highest BCUT2D eigenvalue weighted by molar-refractivity contribution is 5.56. The predicted octanol–water partition coefficient (Wildman–Crippen LogP) is 2.85. The van der Waals surface area contributed by atoms with Crippen LogP contribution in [0.25, 0.3) is 0 Å². The fourth-order valence-corrected chi connectivity index (χ4v) is 2.72. The molecule has 1 heterocycles. The van der Waals surface area contributed by atoms with Crippen LogP contribution in [-0.2, 0) is 11.3 Å². The molecule has 1 unspecified atom stereocenters. The molecule has 1 aliphatic rings. The Morgan fingerprint density at radius 1 is 1.42 bits per heavy atom. The zero-order valence-electron chi connectivity index (χ0n) is 12.2. The number of benzene rings is 1. The van der Waals surface area contributed by atoms with E-state index >= 15 is 0 Å². The second kappa shape index (κ2) is 6.92. The molecule has 1 fully saturated rings. The van der Waals surface area contributed by atoms with Crippen molar-refractivity contribution in [3.05, 3.63) is 29.3 Å². The van der Waals surface area contributed by atoms with Crippen molar-refractivity contribution in [2.24, 2.45) is 5.73 Å². The predicted molar refractivity (Wildman–Crippen MR) is 80.5 cm³/mol. The molecule has 19 heavy (non-hydrogen) atoms. The van der Waals surface area contributed by atoms with Gasteiger partial charge in [0.15, 0.2) is 0 Å². The van der Waals surface area contributed by atoms with Crippen LogP contribution in [0.4, 0.5) is 5.69 Å². The molecule has 106 valence electrons. The van der Waals surface area contributed by atoms with E-state index in [9.17, 15) is 0 Å². The molecule has 1 aromatic carbocycles. The summed E-state index contributed by atoms with van der Waals surface area (Å²) < 4.78 is 5.91. The highest BCUT2D eigenvalue weighted by atomic mass is 16.5. The van der Waals surface area contributed by atoms with Gasteiger partial charge in [0, 0.05) is 31.9 Å². The number of piperidine rings is 1. The number of anilines is 1. The SMILES string of the molecule is CCCOC1CCCN(c2cc(C)ccc2CN)C1. The number of hydrogen-bond donors (Lipinski definition) is 1. The fourth-order valence-electron chi connectivity index (χ4n) is 2.72. The molecule has 0 saturated carbocycles. The lowest BCUT2D eigenvalue weighted by Crippen LogP contribution is -2.40. The van der Waals surface area contributed by atoms with Crippen LogP contribution in [0, 0.1) is 6.92 Å². The molecule has 2 N–H and O–H groups in total. The minimum Gasteiger partial charge on any atom is -0.376 e. The summed E-state index contributed by atoms with van der Waals surface area (Å²) in [6.45, 7) is 7.88. The molecule has 1 aromatic rings. The first-order valence-electron chi connectivity index (χ1n) is 7.40. The average molecular weight is 262 g/mol. The van der Waals surface area contributed by atoms with Crippen LogP contribution in [0.5, 0.6) is 0 Å². The number of ether oxygens (including phenoxy) is 1. The summed E-state index contributed by atoms with van der Waals surface area (Å²) in [5.74, 6) is 0. The summed E-state index contributed by atoms with van der Waals surface area (Å²) in [5, 5.41) is 0. The lowest BCUT2D eigenvalue weighted by molar-refractivity contribution is 0.0440. The molecule has 0 spiro atoms. The van der Waals surface area contributed by atoms with Gasteiger partial charge in [-0.25, -0.2) is 0 Å². The van der Waals surface area contributed by atoms with Gasteiger partial charge in [0.25, 0.3) is 0 Å². The first kappa shape index (κ1) is 14.4. The molecule has 1 atom stereocenters. The zero-order chi connectivity index (χ0) is 13.7. The maximum atomic E-state index is 5.91. The Hall–Kier alpha value is -1.06. The van der Waals surface area contributed by atoms with Crippen molar-refractivity contribution in [2.45, 2.75) is 45.8 Å². The summed E-state index contributed by atoms with van der Waals surface area (Å²) >= 11 is 0. The van der Waals surface area contributed by atoms with E-state index in [1.807, 2.05) is 0 Å². The van der Waals surface area contributed by atoms with Gasteiger partial charge in [-0.1, -0.05) is 19.1 Å². The minimum atomic E-state index is 0.375. The normalized spacial score (nSPS) is 19.7. The second-order valence-electron chi connectivity index (χ2n) is 5.42. The molecule has 1 aliphatic heterocycles. The summed E-state index contributed by atoms with van der Waals surface area (Å²) in [7, 11) is 0. The first-order chi connectivity index (χ1) is 9.24. The van der Waals surface area contributed by atoms with Crippen LogP contribution < -0.4 is 10.6 Å². The molecule has 3 heteroatoms. The summed E-state index contributed by atoms with van der Waals surface area (Å²) in [4.78, 5) is 2.44. The Kier molecular flexibility index (Phi) is 5.23. The smallest absolute Gasteiger partial charge is 0.0750 e. The maximum Gasteiger partial charge on any atom is 0.0750 e. The van der Waals surface area contributed by atoms with E-state index in [1.54, 1.807) is 0 Å². The van der Waals surface area contributed by atoms with E-state index in [0.29, 0.717) is 12.6 Å². The zero-order valence-corrected chi connectivity index (χ0v) is 12.2. The number of aryl methyl sites for hydroxylation is 1. The molecule has 3 nitrogen and oxygen atoms in total. The van der Waals surface area contributed by atoms with Crippen molar-refractivity contribution in [1.82, 2.24) is 0 Å². The Morgan fingerprint density at radius 3 is 3.00 bits per heavy atom. The van der Waals surface area contributed by atoms with Crippen LogP contribution >= 0.6 is 0 Å². The molecular formula is C16H26N2O. The number of nitrogens with two attached hydrogens (primary N) is 1. The van der Waals surface area contributed by atoms with E-state index < -0.39 is 0 Å². The van der Waals surface area contributed by atoms with Gasteiger partial charge in [0.2, 0.25) is 0 Å². The first-order valence-corrected chi connectivity index (χ1v) is 7.40. The van der Waals surface area contributed by atoms with Crippen molar-refractivity contribution in [3.63, 3.8) is 0 Å². The third kappa shape index (κ3) is 3.71. The van der Waals surface area contributed by atoms with Gasteiger partial charge in [-0.2, -0.15) is 0 Å². The molecule has 0 bridgehead atoms. The van der Waals surface area contributed by atoms with Gasteiger partial charge < -0.3 is 15.4 Å². The topological polar surface area (TPSA) is 38.5 Å². The lowest BCUT2D eigenvalue weighted by Gasteiger charge is -2.35. The highest BCUT2D eigenvalue weighted by Crippen LogP contribution is 2.26. The van der Waals surface area contributed by atoms with Crippen molar-refractivity contribution in [2.75, 3.05) is 24.6 Å². The van der Waals surface area contributed by atoms with Gasteiger partial charge in [-0.3, -0.25) is 0 Å². The fraction of sp³-hybridized carbons (Fsp3) is 0.625.